The van der Waals surface area contributed by atoms with Crippen LogP contribution in [0.25, 0.3) is 22.2 Å². The predicted octanol–water partition coefficient (Wildman–Crippen LogP) is 3.05. The van der Waals surface area contributed by atoms with Crippen LogP contribution in [0.15, 0.2) is 42.7 Å². The molecular weight excluding hydrogens is 400 g/mol. The average Bonchev–Trinajstić information content (AvgIpc) is 3.18. The Hall–Kier alpha value is -2.42. The molecule has 0 unspecified atom stereocenters. The van der Waals surface area contributed by atoms with Crippen LogP contribution < -0.4 is 14.8 Å². The summed E-state index contributed by atoms with van der Waals surface area (Å²) in [5.41, 5.74) is 3.66. The standard InChI is InChI=1S/C22H28N4O3S/c1-22(8-11-24-12-9-22)15-29-19-7-10-25-21-20(19)18(13-26-21)17-5-3-16(4-6-17)14-30(27,28)23-2/h3-7,10,13,23-24H,8-9,11-12,14-15H2,1-2H3,(H,25,26). The molecule has 0 bridgehead atoms. The van der Waals surface area contributed by atoms with E-state index in [-0.39, 0.29) is 11.2 Å². The molecule has 0 radical (unpaired) electrons. The maximum Gasteiger partial charge on any atom is 0.215 e. The van der Waals surface area contributed by atoms with Crippen molar-refractivity contribution in [2.45, 2.75) is 25.5 Å². The molecule has 3 aromatic rings. The zero-order valence-corrected chi connectivity index (χ0v) is 18.2. The number of sulfonamides is 1. The summed E-state index contributed by atoms with van der Waals surface area (Å²) in [5, 5.41) is 4.35. The third-order valence-electron chi connectivity index (χ3n) is 5.85. The second-order valence-corrected chi connectivity index (χ2v) is 10.2. The smallest absolute Gasteiger partial charge is 0.215 e. The monoisotopic (exact) mass is 428 g/mol. The van der Waals surface area contributed by atoms with Gasteiger partial charge in [0, 0.05) is 23.4 Å². The Morgan fingerprint density at radius 2 is 1.90 bits per heavy atom. The topological polar surface area (TPSA) is 96.1 Å². The highest BCUT2D eigenvalue weighted by atomic mass is 32.2. The number of piperidine rings is 1. The largest absolute Gasteiger partial charge is 0.492 e. The Labute approximate surface area is 177 Å². The van der Waals surface area contributed by atoms with Gasteiger partial charge in [-0.05, 0) is 50.2 Å². The Balaban J connectivity index is 1.61. The first-order chi connectivity index (χ1) is 14.4. The molecule has 7 nitrogen and oxygen atoms in total. The second-order valence-electron chi connectivity index (χ2n) is 8.24. The van der Waals surface area contributed by atoms with Gasteiger partial charge in [-0.3, -0.25) is 0 Å². The molecule has 0 atom stereocenters. The van der Waals surface area contributed by atoms with Gasteiger partial charge in [0.25, 0.3) is 0 Å². The van der Waals surface area contributed by atoms with Crippen LogP contribution in [0.1, 0.15) is 25.3 Å². The van der Waals surface area contributed by atoms with E-state index in [0.717, 1.165) is 59.4 Å². The summed E-state index contributed by atoms with van der Waals surface area (Å²) in [6.45, 7) is 4.99. The molecule has 1 saturated heterocycles. The van der Waals surface area contributed by atoms with Crippen molar-refractivity contribution in [3.05, 3.63) is 48.3 Å². The van der Waals surface area contributed by atoms with Gasteiger partial charge in [0.1, 0.15) is 11.4 Å². The summed E-state index contributed by atoms with van der Waals surface area (Å²) >= 11 is 0. The van der Waals surface area contributed by atoms with E-state index in [1.807, 2.05) is 36.5 Å². The van der Waals surface area contributed by atoms with E-state index < -0.39 is 10.0 Å². The van der Waals surface area contributed by atoms with Crippen molar-refractivity contribution < 1.29 is 13.2 Å². The Bertz CT molecular complexity index is 1120. The van der Waals surface area contributed by atoms with Gasteiger partial charge in [-0.15, -0.1) is 0 Å². The average molecular weight is 429 g/mol. The molecule has 3 heterocycles. The van der Waals surface area contributed by atoms with E-state index in [1.54, 1.807) is 6.20 Å². The summed E-state index contributed by atoms with van der Waals surface area (Å²) in [6, 6.07) is 9.48. The number of H-pyrrole nitrogens is 1. The van der Waals surface area contributed by atoms with Gasteiger partial charge in [-0.25, -0.2) is 18.1 Å². The third-order valence-corrected chi connectivity index (χ3v) is 7.19. The van der Waals surface area contributed by atoms with Crippen LogP contribution in [0, 0.1) is 5.41 Å². The number of hydrogen-bond donors (Lipinski definition) is 3. The summed E-state index contributed by atoms with van der Waals surface area (Å²) in [5.74, 6) is 0.777. The van der Waals surface area contributed by atoms with Gasteiger partial charge in [0.2, 0.25) is 10.0 Å². The highest BCUT2D eigenvalue weighted by Gasteiger charge is 2.28. The molecule has 1 aliphatic heterocycles. The van der Waals surface area contributed by atoms with Crippen LogP contribution in [0.4, 0.5) is 0 Å². The van der Waals surface area contributed by atoms with Crippen molar-refractivity contribution in [1.29, 1.82) is 0 Å². The molecule has 0 amide bonds. The van der Waals surface area contributed by atoms with Crippen LogP contribution >= 0.6 is 0 Å². The third kappa shape index (κ3) is 4.50. The van der Waals surface area contributed by atoms with E-state index >= 15 is 0 Å². The van der Waals surface area contributed by atoms with Crippen LogP contribution in [0.3, 0.4) is 0 Å². The molecule has 160 valence electrons. The minimum atomic E-state index is -3.30. The van der Waals surface area contributed by atoms with E-state index in [2.05, 4.69) is 26.9 Å². The summed E-state index contributed by atoms with van der Waals surface area (Å²) < 4.78 is 32.2. The number of benzene rings is 1. The van der Waals surface area contributed by atoms with Gasteiger partial charge in [0.05, 0.1) is 17.7 Å². The molecule has 0 spiro atoms. The maximum absolute atomic E-state index is 11.8. The van der Waals surface area contributed by atoms with Gasteiger partial charge in [-0.2, -0.15) is 0 Å². The lowest BCUT2D eigenvalue weighted by atomic mass is 9.82. The second kappa shape index (κ2) is 8.37. The van der Waals surface area contributed by atoms with Gasteiger partial charge < -0.3 is 15.0 Å². The Morgan fingerprint density at radius 3 is 2.60 bits per heavy atom. The van der Waals surface area contributed by atoms with Crippen LogP contribution in [0.5, 0.6) is 5.75 Å². The Kier molecular flexibility index (Phi) is 5.81. The van der Waals surface area contributed by atoms with Crippen molar-refractivity contribution in [1.82, 2.24) is 20.0 Å². The number of rotatable bonds is 7. The van der Waals surface area contributed by atoms with Gasteiger partial charge >= 0.3 is 0 Å². The van der Waals surface area contributed by atoms with Crippen molar-refractivity contribution >= 4 is 21.1 Å². The van der Waals surface area contributed by atoms with E-state index in [0.29, 0.717) is 6.61 Å². The zero-order valence-electron chi connectivity index (χ0n) is 17.4. The molecule has 8 heteroatoms. The lowest BCUT2D eigenvalue weighted by molar-refractivity contribution is 0.124. The molecule has 30 heavy (non-hydrogen) atoms. The molecular formula is C22H28N4O3S. The summed E-state index contributed by atoms with van der Waals surface area (Å²) in [4.78, 5) is 7.67. The lowest BCUT2D eigenvalue weighted by Crippen LogP contribution is -2.38. The minimum Gasteiger partial charge on any atom is -0.492 e. The number of hydrogen-bond acceptors (Lipinski definition) is 5. The maximum atomic E-state index is 11.8. The molecule has 1 aromatic carbocycles. The van der Waals surface area contributed by atoms with Crippen molar-refractivity contribution in [3.63, 3.8) is 0 Å². The molecule has 1 fully saturated rings. The fourth-order valence-corrected chi connectivity index (χ4v) is 4.65. The number of pyridine rings is 1. The number of nitrogens with zero attached hydrogens (tertiary/aromatic N) is 1. The minimum absolute atomic E-state index is 0.0407. The zero-order chi connectivity index (χ0) is 21.2. The lowest BCUT2D eigenvalue weighted by Gasteiger charge is -2.33. The van der Waals surface area contributed by atoms with E-state index in [9.17, 15) is 8.42 Å². The molecule has 0 aliphatic carbocycles. The molecule has 3 N–H and O–H groups in total. The number of aromatic nitrogens is 2. The van der Waals surface area contributed by atoms with Crippen LogP contribution in [0.2, 0.25) is 0 Å². The van der Waals surface area contributed by atoms with Crippen molar-refractivity contribution in [3.8, 4) is 16.9 Å². The summed E-state index contributed by atoms with van der Waals surface area (Å²) in [6.07, 6.45) is 5.88. The molecule has 2 aromatic heterocycles. The fourth-order valence-electron chi connectivity index (χ4n) is 3.87. The number of nitrogens with one attached hydrogen (secondary N) is 3. The highest BCUT2D eigenvalue weighted by molar-refractivity contribution is 7.88. The highest BCUT2D eigenvalue weighted by Crippen LogP contribution is 2.36. The first-order valence-corrected chi connectivity index (χ1v) is 11.8. The van der Waals surface area contributed by atoms with E-state index in [1.165, 1.54) is 7.05 Å². The normalized spacial score (nSPS) is 16.6. The SMILES string of the molecule is CNS(=O)(=O)Cc1ccc(-c2c[nH]c3nccc(OCC4(C)CCNCC4)c23)cc1. The Morgan fingerprint density at radius 1 is 1.17 bits per heavy atom. The summed E-state index contributed by atoms with van der Waals surface area (Å²) in [7, 11) is -1.87. The number of aromatic amines is 1. The molecule has 4 rings (SSSR count). The van der Waals surface area contributed by atoms with Crippen LogP contribution in [-0.2, 0) is 15.8 Å². The fraction of sp³-hybridized carbons (Fsp3) is 0.409. The van der Waals surface area contributed by atoms with Crippen LogP contribution in [-0.4, -0.2) is 45.1 Å². The first-order valence-electron chi connectivity index (χ1n) is 10.2. The van der Waals surface area contributed by atoms with Gasteiger partial charge in [-0.1, -0.05) is 31.2 Å². The number of fused-ring (bicyclic) bond motifs is 1. The first kappa shape index (κ1) is 20.8. The van der Waals surface area contributed by atoms with Gasteiger partial charge in [0.15, 0.2) is 0 Å². The quantitative estimate of drug-likeness (QED) is 0.538. The van der Waals surface area contributed by atoms with E-state index in [4.69, 9.17) is 4.74 Å². The molecule has 0 saturated carbocycles. The number of ether oxygens (including phenoxy) is 1. The predicted molar refractivity (Wildman–Crippen MR) is 119 cm³/mol. The van der Waals surface area contributed by atoms with Crippen molar-refractivity contribution in [2.24, 2.45) is 5.41 Å². The van der Waals surface area contributed by atoms with Crippen molar-refractivity contribution in [2.75, 3.05) is 26.7 Å². The molecule has 1 aliphatic rings.